The van der Waals surface area contributed by atoms with E-state index in [1.165, 1.54) is 70.9 Å². The van der Waals surface area contributed by atoms with Gasteiger partial charge in [0.05, 0.1) is 22.4 Å². The van der Waals surface area contributed by atoms with Crippen molar-refractivity contribution in [3.05, 3.63) is 174 Å². The lowest BCUT2D eigenvalue weighted by molar-refractivity contribution is 1.01. The molecule has 0 radical (unpaired) electrons. The van der Waals surface area contributed by atoms with Crippen molar-refractivity contribution in [2.24, 2.45) is 0 Å². The molecular weight excluding hydrogens is 643 g/mol. The molecule has 10 aromatic rings. The van der Waals surface area contributed by atoms with Gasteiger partial charge in [-0.2, -0.15) is 0 Å². The summed E-state index contributed by atoms with van der Waals surface area (Å²) in [5, 5.41) is 9.80. The Bertz CT molecular complexity index is 3110. The SMILES string of the molecule is Cc1ccccc1-c1nc(-c2ccc3ccccc3c2)c(-n2c3ccccc3c3c4ccccc4c(-c4cc5ccccc5cc4C)c(C)c32)nc1C. The molecule has 3 nitrogen and oxygen atoms in total. The minimum atomic E-state index is 0.834. The molecule has 0 spiro atoms. The van der Waals surface area contributed by atoms with Crippen LogP contribution in [0.4, 0.5) is 0 Å². The van der Waals surface area contributed by atoms with Crippen molar-refractivity contribution in [1.82, 2.24) is 14.5 Å². The van der Waals surface area contributed by atoms with Gasteiger partial charge in [0.2, 0.25) is 0 Å². The zero-order valence-corrected chi connectivity index (χ0v) is 30.3. The van der Waals surface area contributed by atoms with Gasteiger partial charge in [-0.15, -0.1) is 0 Å². The Balaban J connectivity index is 1.37. The summed E-state index contributed by atoms with van der Waals surface area (Å²) in [4.78, 5) is 11.2. The Morgan fingerprint density at radius 3 is 1.85 bits per heavy atom. The van der Waals surface area contributed by atoms with Crippen LogP contribution in [-0.4, -0.2) is 14.5 Å². The molecule has 252 valence electrons. The van der Waals surface area contributed by atoms with Gasteiger partial charge in [0.15, 0.2) is 5.82 Å². The van der Waals surface area contributed by atoms with Crippen LogP contribution in [0, 0.1) is 27.7 Å². The highest BCUT2D eigenvalue weighted by atomic mass is 15.1. The van der Waals surface area contributed by atoms with Gasteiger partial charge in [-0.1, -0.05) is 133 Å². The molecule has 0 N–H and O–H groups in total. The van der Waals surface area contributed by atoms with E-state index >= 15 is 0 Å². The maximum atomic E-state index is 5.59. The largest absolute Gasteiger partial charge is 0.292 e. The second-order valence-corrected chi connectivity index (χ2v) is 14.3. The molecule has 0 unspecified atom stereocenters. The van der Waals surface area contributed by atoms with Crippen molar-refractivity contribution in [1.29, 1.82) is 0 Å². The lowest BCUT2D eigenvalue weighted by Crippen LogP contribution is -2.07. The zero-order valence-electron chi connectivity index (χ0n) is 30.3. The summed E-state index contributed by atoms with van der Waals surface area (Å²) in [7, 11) is 0. The maximum absolute atomic E-state index is 5.59. The van der Waals surface area contributed by atoms with Crippen molar-refractivity contribution in [2.45, 2.75) is 27.7 Å². The molecule has 0 amide bonds. The van der Waals surface area contributed by atoms with Gasteiger partial charge in [-0.3, -0.25) is 4.57 Å². The summed E-state index contributed by atoms with van der Waals surface area (Å²) in [6, 6.07) is 54.8. The van der Waals surface area contributed by atoms with Gasteiger partial charge >= 0.3 is 0 Å². The molecule has 2 aromatic heterocycles. The maximum Gasteiger partial charge on any atom is 0.164 e. The van der Waals surface area contributed by atoms with Crippen LogP contribution in [0.3, 0.4) is 0 Å². The van der Waals surface area contributed by atoms with Crippen molar-refractivity contribution in [2.75, 3.05) is 0 Å². The van der Waals surface area contributed by atoms with Gasteiger partial charge in [-0.25, -0.2) is 9.97 Å². The van der Waals surface area contributed by atoms with Gasteiger partial charge in [0.25, 0.3) is 0 Å². The first-order valence-electron chi connectivity index (χ1n) is 18.3. The molecule has 53 heavy (non-hydrogen) atoms. The third-order valence-electron chi connectivity index (χ3n) is 11.1. The van der Waals surface area contributed by atoms with Crippen molar-refractivity contribution < 1.29 is 0 Å². The van der Waals surface area contributed by atoms with E-state index in [0.717, 1.165) is 45.1 Å². The second-order valence-electron chi connectivity index (χ2n) is 14.3. The predicted molar refractivity (Wildman–Crippen MR) is 224 cm³/mol. The van der Waals surface area contributed by atoms with Crippen LogP contribution in [-0.2, 0) is 0 Å². The van der Waals surface area contributed by atoms with Gasteiger partial charge in [0.1, 0.15) is 5.69 Å². The molecule has 10 rings (SSSR count). The molecular formula is C50H37N3. The van der Waals surface area contributed by atoms with E-state index in [0.29, 0.717) is 0 Å². The van der Waals surface area contributed by atoms with Crippen LogP contribution >= 0.6 is 0 Å². The first-order chi connectivity index (χ1) is 26.0. The third-order valence-corrected chi connectivity index (χ3v) is 11.1. The van der Waals surface area contributed by atoms with E-state index in [9.17, 15) is 0 Å². The first kappa shape index (κ1) is 31.2. The Labute approximate surface area is 308 Å². The molecule has 0 bridgehead atoms. The number of aryl methyl sites for hydroxylation is 4. The number of rotatable bonds is 4. The Morgan fingerprint density at radius 1 is 0.453 bits per heavy atom. The number of nitrogens with zero attached hydrogens (tertiary/aromatic N) is 3. The summed E-state index contributed by atoms with van der Waals surface area (Å²) in [5.41, 5.74) is 13.2. The van der Waals surface area contributed by atoms with Crippen LogP contribution in [0.5, 0.6) is 0 Å². The Morgan fingerprint density at radius 2 is 1.08 bits per heavy atom. The minimum Gasteiger partial charge on any atom is -0.292 e. The molecule has 0 aliphatic rings. The van der Waals surface area contributed by atoms with Crippen LogP contribution in [0.25, 0.3) is 93.6 Å². The lowest BCUT2D eigenvalue weighted by Gasteiger charge is -2.20. The van der Waals surface area contributed by atoms with Crippen LogP contribution < -0.4 is 0 Å². The highest BCUT2D eigenvalue weighted by Gasteiger charge is 2.26. The summed E-state index contributed by atoms with van der Waals surface area (Å²) < 4.78 is 2.40. The predicted octanol–water partition coefficient (Wildman–Crippen LogP) is 13.3. The molecule has 0 fully saturated rings. The monoisotopic (exact) mass is 679 g/mol. The number of para-hydroxylation sites is 1. The summed E-state index contributed by atoms with van der Waals surface area (Å²) >= 11 is 0. The minimum absolute atomic E-state index is 0.834. The number of fused-ring (bicyclic) bond motifs is 7. The Hall–Kier alpha value is -6.58. The second kappa shape index (κ2) is 12.0. The van der Waals surface area contributed by atoms with E-state index in [1.54, 1.807) is 0 Å². The fourth-order valence-electron chi connectivity index (χ4n) is 8.59. The van der Waals surface area contributed by atoms with E-state index in [4.69, 9.17) is 9.97 Å². The average molecular weight is 680 g/mol. The number of benzene rings is 8. The molecule has 3 heteroatoms. The number of hydrogen-bond donors (Lipinski definition) is 0. The Kier molecular flexibility index (Phi) is 7.06. The summed E-state index contributed by atoms with van der Waals surface area (Å²) in [5.74, 6) is 0.834. The van der Waals surface area contributed by atoms with Crippen molar-refractivity contribution in [3.8, 4) is 39.5 Å². The smallest absolute Gasteiger partial charge is 0.164 e. The van der Waals surface area contributed by atoms with Crippen LogP contribution in [0.15, 0.2) is 152 Å². The van der Waals surface area contributed by atoms with E-state index in [-0.39, 0.29) is 0 Å². The molecule has 0 saturated heterocycles. The molecule has 0 atom stereocenters. The lowest BCUT2D eigenvalue weighted by atomic mass is 9.87. The van der Waals surface area contributed by atoms with Crippen LogP contribution in [0.2, 0.25) is 0 Å². The summed E-state index contributed by atoms with van der Waals surface area (Å²) in [6.07, 6.45) is 0. The fraction of sp³-hybridized carbons (Fsp3) is 0.0800. The summed E-state index contributed by atoms with van der Waals surface area (Å²) in [6.45, 7) is 8.79. The normalized spacial score (nSPS) is 11.8. The van der Waals surface area contributed by atoms with Crippen LogP contribution in [0.1, 0.15) is 22.4 Å². The molecule has 2 heterocycles. The molecule has 0 saturated carbocycles. The van der Waals surface area contributed by atoms with Gasteiger partial charge in [0, 0.05) is 21.9 Å². The number of hydrogen-bond acceptors (Lipinski definition) is 2. The average Bonchev–Trinajstić information content (AvgIpc) is 3.54. The zero-order chi connectivity index (χ0) is 35.8. The number of aromatic nitrogens is 3. The third kappa shape index (κ3) is 4.81. The standard InChI is InChI=1S/C50H37N3/c1-30-15-5-10-20-39(30)47-33(4)51-50(48(52-47)38-26-25-34-16-6-7-18-36(34)28-38)53-44-24-14-13-23-42(44)46-41-22-12-11-21-40(41)45(32(3)49(46)53)43-29-37-19-9-8-17-35(37)27-31(43)2/h5-29H,1-4H3. The van der Waals surface area contributed by atoms with E-state index < -0.39 is 0 Å². The highest BCUT2D eigenvalue weighted by Crippen LogP contribution is 2.46. The van der Waals surface area contributed by atoms with Gasteiger partial charge < -0.3 is 0 Å². The first-order valence-corrected chi connectivity index (χ1v) is 18.3. The van der Waals surface area contributed by atoms with Crippen molar-refractivity contribution in [3.63, 3.8) is 0 Å². The molecule has 0 aliphatic carbocycles. The van der Waals surface area contributed by atoms with E-state index in [2.05, 4.69) is 184 Å². The highest BCUT2D eigenvalue weighted by molar-refractivity contribution is 6.26. The van der Waals surface area contributed by atoms with Gasteiger partial charge in [-0.05, 0) is 106 Å². The quantitative estimate of drug-likeness (QED) is 0.185. The molecule has 8 aromatic carbocycles. The van der Waals surface area contributed by atoms with Crippen molar-refractivity contribution >= 4 is 54.1 Å². The topological polar surface area (TPSA) is 30.7 Å². The fourth-order valence-corrected chi connectivity index (χ4v) is 8.59. The molecule has 0 aliphatic heterocycles. The van der Waals surface area contributed by atoms with E-state index in [1.807, 2.05) is 0 Å².